The molecule has 0 saturated carbocycles. The van der Waals surface area contributed by atoms with Crippen LogP contribution in [0.2, 0.25) is 0 Å². The quantitative estimate of drug-likeness (QED) is 0.652. The van der Waals surface area contributed by atoms with Crippen LogP contribution in [-0.4, -0.2) is 34.2 Å². The SMILES string of the molecule is CCN(CC)c1ccc(/C=N\n2c(C(F)F)n[nH]c2=S)cc1. The van der Waals surface area contributed by atoms with Gasteiger partial charge in [0.05, 0.1) is 6.21 Å². The third kappa shape index (κ3) is 3.56. The van der Waals surface area contributed by atoms with Crippen LogP contribution in [0.3, 0.4) is 0 Å². The van der Waals surface area contributed by atoms with Crippen molar-refractivity contribution in [1.82, 2.24) is 14.9 Å². The van der Waals surface area contributed by atoms with Crippen LogP contribution in [0.1, 0.15) is 31.7 Å². The van der Waals surface area contributed by atoms with Gasteiger partial charge in [0.1, 0.15) is 0 Å². The molecule has 1 N–H and O–H groups in total. The fourth-order valence-corrected chi connectivity index (χ4v) is 2.23. The molecule has 118 valence electrons. The Morgan fingerprint density at radius 1 is 1.32 bits per heavy atom. The van der Waals surface area contributed by atoms with Gasteiger partial charge in [-0.2, -0.15) is 14.9 Å². The molecule has 0 aliphatic carbocycles. The van der Waals surface area contributed by atoms with E-state index in [9.17, 15) is 8.78 Å². The second-order valence-corrected chi connectivity index (χ2v) is 4.89. The molecule has 0 saturated heterocycles. The summed E-state index contributed by atoms with van der Waals surface area (Å²) in [6.07, 6.45) is -1.27. The van der Waals surface area contributed by atoms with Crippen molar-refractivity contribution in [3.8, 4) is 0 Å². The van der Waals surface area contributed by atoms with E-state index in [-0.39, 0.29) is 4.77 Å². The van der Waals surface area contributed by atoms with Crippen LogP contribution in [0.25, 0.3) is 0 Å². The average Bonchev–Trinajstić information content (AvgIpc) is 2.89. The monoisotopic (exact) mass is 325 g/mol. The van der Waals surface area contributed by atoms with Gasteiger partial charge in [-0.3, -0.25) is 0 Å². The standard InChI is InChI=1S/C14H17F2N5S/c1-3-20(4-2)11-7-5-10(6-8-11)9-17-21-13(12(15)16)18-19-14(21)22/h5-9,12H,3-4H2,1-2H3,(H,19,22)/b17-9-. The summed E-state index contributed by atoms with van der Waals surface area (Å²) in [5.41, 5.74) is 1.90. The first kappa shape index (κ1) is 16.3. The predicted molar refractivity (Wildman–Crippen MR) is 85.4 cm³/mol. The van der Waals surface area contributed by atoms with Gasteiger partial charge in [0, 0.05) is 18.8 Å². The molecule has 0 unspecified atom stereocenters. The molecule has 0 fully saturated rings. The Hall–Kier alpha value is -2.09. The van der Waals surface area contributed by atoms with Crippen molar-refractivity contribution in [2.45, 2.75) is 20.3 Å². The number of benzene rings is 1. The fraction of sp³-hybridized carbons (Fsp3) is 0.357. The number of halogens is 2. The zero-order valence-corrected chi connectivity index (χ0v) is 13.1. The lowest BCUT2D eigenvalue weighted by molar-refractivity contribution is 0.136. The summed E-state index contributed by atoms with van der Waals surface area (Å²) >= 11 is 4.89. The summed E-state index contributed by atoms with van der Waals surface area (Å²) in [4.78, 5) is 2.21. The zero-order chi connectivity index (χ0) is 16.1. The molecule has 0 aliphatic rings. The first-order valence-corrected chi connectivity index (χ1v) is 7.32. The van der Waals surface area contributed by atoms with Gasteiger partial charge in [0.15, 0.2) is 0 Å². The Morgan fingerprint density at radius 3 is 2.50 bits per heavy atom. The van der Waals surface area contributed by atoms with Gasteiger partial charge < -0.3 is 4.90 Å². The largest absolute Gasteiger partial charge is 0.372 e. The fourth-order valence-electron chi connectivity index (χ4n) is 2.04. The molecule has 2 rings (SSSR count). The van der Waals surface area contributed by atoms with Crippen molar-refractivity contribution >= 4 is 24.1 Å². The lowest BCUT2D eigenvalue weighted by Crippen LogP contribution is -2.21. The molecule has 0 amide bonds. The highest BCUT2D eigenvalue weighted by Crippen LogP contribution is 2.17. The van der Waals surface area contributed by atoms with Crippen LogP contribution in [0.15, 0.2) is 29.4 Å². The Balaban J connectivity index is 2.21. The molecule has 0 atom stereocenters. The van der Waals surface area contributed by atoms with Crippen molar-refractivity contribution in [1.29, 1.82) is 0 Å². The predicted octanol–water partition coefficient (Wildman–Crippen LogP) is 3.61. The maximum Gasteiger partial charge on any atom is 0.299 e. The topological polar surface area (TPSA) is 49.2 Å². The van der Waals surface area contributed by atoms with E-state index in [0.717, 1.165) is 29.0 Å². The number of hydrogen-bond donors (Lipinski definition) is 1. The minimum atomic E-state index is -2.74. The van der Waals surface area contributed by atoms with Crippen LogP contribution in [-0.2, 0) is 0 Å². The van der Waals surface area contributed by atoms with Crippen molar-refractivity contribution in [2.24, 2.45) is 5.10 Å². The van der Waals surface area contributed by atoms with E-state index in [0.29, 0.717) is 0 Å². The van der Waals surface area contributed by atoms with Gasteiger partial charge in [0.25, 0.3) is 6.43 Å². The number of aromatic nitrogens is 3. The smallest absolute Gasteiger partial charge is 0.299 e. The van der Waals surface area contributed by atoms with Crippen molar-refractivity contribution in [2.75, 3.05) is 18.0 Å². The third-order valence-electron chi connectivity index (χ3n) is 3.21. The number of rotatable bonds is 6. The second-order valence-electron chi connectivity index (χ2n) is 4.51. The number of alkyl halides is 2. The van der Waals surface area contributed by atoms with Gasteiger partial charge in [-0.25, -0.2) is 13.9 Å². The van der Waals surface area contributed by atoms with Crippen LogP contribution in [0.4, 0.5) is 14.5 Å². The molecule has 8 heteroatoms. The molecule has 0 radical (unpaired) electrons. The Labute approximate surface area is 132 Å². The summed E-state index contributed by atoms with van der Waals surface area (Å²) in [5.74, 6) is -0.499. The van der Waals surface area contributed by atoms with Crippen molar-refractivity contribution in [3.05, 3.63) is 40.4 Å². The average molecular weight is 325 g/mol. The zero-order valence-electron chi connectivity index (χ0n) is 12.3. The Bertz CT molecular complexity index is 686. The molecule has 1 aromatic carbocycles. The number of aromatic amines is 1. The molecule has 1 aromatic heterocycles. The van der Waals surface area contributed by atoms with E-state index in [1.165, 1.54) is 6.21 Å². The van der Waals surface area contributed by atoms with Crippen LogP contribution in [0, 0.1) is 4.77 Å². The summed E-state index contributed by atoms with van der Waals surface area (Å²) in [7, 11) is 0. The minimum absolute atomic E-state index is 0.0336. The van der Waals surface area contributed by atoms with Gasteiger partial charge in [-0.15, -0.1) is 0 Å². The van der Waals surface area contributed by atoms with E-state index in [4.69, 9.17) is 12.2 Å². The van der Waals surface area contributed by atoms with E-state index in [1.807, 2.05) is 24.3 Å². The van der Waals surface area contributed by atoms with Crippen LogP contribution < -0.4 is 4.90 Å². The van der Waals surface area contributed by atoms with Gasteiger partial charge in [-0.1, -0.05) is 12.1 Å². The van der Waals surface area contributed by atoms with E-state index in [1.54, 1.807) is 0 Å². The van der Waals surface area contributed by atoms with E-state index >= 15 is 0 Å². The second kappa shape index (κ2) is 7.26. The van der Waals surface area contributed by atoms with Gasteiger partial charge in [-0.05, 0) is 43.8 Å². The van der Waals surface area contributed by atoms with Gasteiger partial charge in [0.2, 0.25) is 10.6 Å². The maximum absolute atomic E-state index is 12.8. The Kier molecular flexibility index (Phi) is 5.37. The lowest BCUT2D eigenvalue weighted by atomic mass is 10.2. The highest BCUT2D eigenvalue weighted by molar-refractivity contribution is 7.71. The van der Waals surface area contributed by atoms with Crippen molar-refractivity contribution in [3.63, 3.8) is 0 Å². The maximum atomic E-state index is 12.8. The molecule has 0 spiro atoms. The van der Waals surface area contributed by atoms with E-state index in [2.05, 4.69) is 34.0 Å². The molecule has 5 nitrogen and oxygen atoms in total. The number of hydrogen-bond acceptors (Lipinski definition) is 4. The normalized spacial score (nSPS) is 11.5. The first-order valence-electron chi connectivity index (χ1n) is 6.91. The molecular weight excluding hydrogens is 308 g/mol. The molecule has 0 aliphatic heterocycles. The number of anilines is 1. The van der Waals surface area contributed by atoms with E-state index < -0.39 is 12.2 Å². The van der Waals surface area contributed by atoms with Crippen LogP contribution in [0.5, 0.6) is 0 Å². The number of nitrogens with zero attached hydrogens (tertiary/aromatic N) is 4. The molecular formula is C14H17F2N5S. The minimum Gasteiger partial charge on any atom is -0.372 e. The summed E-state index contributed by atoms with van der Waals surface area (Å²) in [6.45, 7) is 6.02. The first-order chi connectivity index (χ1) is 10.6. The highest BCUT2D eigenvalue weighted by Gasteiger charge is 2.15. The molecule has 2 aromatic rings. The molecule has 0 bridgehead atoms. The molecule has 22 heavy (non-hydrogen) atoms. The Morgan fingerprint density at radius 2 is 1.95 bits per heavy atom. The molecule has 1 heterocycles. The highest BCUT2D eigenvalue weighted by atomic mass is 32.1. The summed E-state index contributed by atoms with van der Waals surface area (Å²) < 4.78 is 26.5. The van der Waals surface area contributed by atoms with Gasteiger partial charge >= 0.3 is 0 Å². The third-order valence-corrected chi connectivity index (χ3v) is 3.48. The number of nitrogens with one attached hydrogen (secondary N) is 1. The number of H-pyrrole nitrogens is 1. The summed E-state index contributed by atoms with van der Waals surface area (Å²) in [5, 5.41) is 9.74. The van der Waals surface area contributed by atoms with Crippen LogP contribution >= 0.6 is 12.2 Å². The lowest BCUT2D eigenvalue weighted by Gasteiger charge is -2.20. The summed E-state index contributed by atoms with van der Waals surface area (Å²) in [6, 6.07) is 7.69. The van der Waals surface area contributed by atoms with Crippen molar-refractivity contribution < 1.29 is 8.78 Å².